The van der Waals surface area contributed by atoms with Gasteiger partial charge in [0.1, 0.15) is 23.3 Å². The summed E-state index contributed by atoms with van der Waals surface area (Å²) >= 11 is 0. The molecule has 5 heteroatoms. The Kier molecular flexibility index (Phi) is 3.65. The van der Waals surface area contributed by atoms with Crippen LogP contribution in [-0.4, -0.2) is 7.28 Å². The Bertz CT molecular complexity index is 638. The van der Waals surface area contributed by atoms with Crippen LogP contribution in [0.25, 0.3) is 0 Å². The summed E-state index contributed by atoms with van der Waals surface area (Å²) in [6, 6.07) is 4.46. The van der Waals surface area contributed by atoms with Gasteiger partial charge in [-0.15, -0.1) is 0 Å². The third kappa shape index (κ3) is 2.65. The Balaban J connectivity index is 2.48. The summed E-state index contributed by atoms with van der Waals surface area (Å²) in [6.45, 7) is 2.98. The van der Waals surface area contributed by atoms with Gasteiger partial charge in [0.25, 0.3) is 0 Å². The first-order valence-electron chi connectivity index (χ1n) is 5.78. The molecule has 0 saturated heterocycles. The summed E-state index contributed by atoms with van der Waals surface area (Å²) in [6.07, 6.45) is 0. The quantitative estimate of drug-likeness (QED) is 0.577. The molecule has 0 aliphatic carbocycles. The van der Waals surface area contributed by atoms with E-state index in [4.69, 9.17) is 0 Å². The van der Waals surface area contributed by atoms with Crippen LogP contribution < -0.4 is 10.9 Å². The van der Waals surface area contributed by atoms with E-state index >= 15 is 0 Å². The molecule has 0 nitrogen and oxygen atoms in total. The topological polar surface area (TPSA) is 0 Å². The first-order chi connectivity index (χ1) is 8.90. The maximum absolute atomic E-state index is 13.8. The van der Waals surface area contributed by atoms with E-state index in [1.54, 1.807) is 0 Å². The number of hydrogen-bond donors (Lipinski definition) is 0. The molecule has 0 aliphatic rings. The molecule has 0 spiro atoms. The molecule has 19 heavy (non-hydrogen) atoms. The Morgan fingerprint density at radius 2 is 1.47 bits per heavy atom. The minimum absolute atomic E-state index is 0.0716. The Hall–Kier alpha value is -1.78. The van der Waals surface area contributed by atoms with Crippen molar-refractivity contribution in [2.24, 2.45) is 0 Å². The molecule has 0 heterocycles. The monoisotopic (exact) mass is 266 g/mol. The third-order valence-electron chi connectivity index (χ3n) is 3.07. The highest BCUT2D eigenvalue weighted by molar-refractivity contribution is 6.67. The number of benzene rings is 2. The van der Waals surface area contributed by atoms with Crippen molar-refractivity contribution in [3.8, 4) is 0 Å². The molecule has 2 rings (SSSR count). The van der Waals surface area contributed by atoms with Gasteiger partial charge in [0, 0.05) is 6.07 Å². The van der Waals surface area contributed by atoms with Crippen molar-refractivity contribution in [3.63, 3.8) is 0 Å². The summed E-state index contributed by atoms with van der Waals surface area (Å²) in [7, 11) is -0.244. The van der Waals surface area contributed by atoms with Crippen LogP contribution in [0.15, 0.2) is 24.3 Å². The highest BCUT2D eigenvalue weighted by Gasteiger charge is 2.16. The molecular formula is C14H11BF4. The maximum Gasteiger partial charge on any atom is 0.203 e. The molecule has 0 amide bonds. The fraction of sp³-hybridized carbons (Fsp3) is 0.143. The zero-order chi connectivity index (χ0) is 14.2. The van der Waals surface area contributed by atoms with Gasteiger partial charge in [-0.3, -0.25) is 0 Å². The maximum atomic E-state index is 13.8. The summed E-state index contributed by atoms with van der Waals surface area (Å²) in [5.41, 5.74) is 0.396. The Morgan fingerprint density at radius 1 is 0.789 bits per heavy atom. The molecule has 0 aliphatic heterocycles. The predicted molar refractivity (Wildman–Crippen MR) is 68.6 cm³/mol. The van der Waals surface area contributed by atoms with Gasteiger partial charge in [-0.2, -0.15) is 0 Å². The van der Waals surface area contributed by atoms with Gasteiger partial charge < -0.3 is 0 Å². The van der Waals surface area contributed by atoms with Crippen molar-refractivity contribution in [2.45, 2.75) is 13.8 Å². The van der Waals surface area contributed by atoms with E-state index in [9.17, 15) is 17.6 Å². The van der Waals surface area contributed by atoms with Gasteiger partial charge >= 0.3 is 0 Å². The molecule has 2 aromatic carbocycles. The lowest BCUT2D eigenvalue weighted by Crippen LogP contribution is -2.35. The SMILES string of the molecule is Cc1cc(Bc2c(F)ccc(C)c2F)c(F)cc1F. The average molecular weight is 266 g/mol. The zero-order valence-corrected chi connectivity index (χ0v) is 10.5. The van der Waals surface area contributed by atoms with Crippen molar-refractivity contribution >= 4 is 18.2 Å². The molecule has 0 N–H and O–H groups in total. The summed E-state index contributed by atoms with van der Waals surface area (Å²) in [5.74, 6) is -2.90. The van der Waals surface area contributed by atoms with Crippen LogP contribution >= 0.6 is 0 Å². The van der Waals surface area contributed by atoms with Gasteiger partial charge in [-0.05, 0) is 42.0 Å². The minimum atomic E-state index is -0.802. The van der Waals surface area contributed by atoms with Crippen LogP contribution in [-0.2, 0) is 0 Å². The summed E-state index contributed by atoms with van der Waals surface area (Å²) in [4.78, 5) is 0. The number of hydrogen-bond acceptors (Lipinski definition) is 0. The highest BCUT2D eigenvalue weighted by Crippen LogP contribution is 2.08. The third-order valence-corrected chi connectivity index (χ3v) is 3.07. The van der Waals surface area contributed by atoms with E-state index in [0.717, 1.165) is 12.1 Å². The zero-order valence-electron chi connectivity index (χ0n) is 10.5. The van der Waals surface area contributed by atoms with Gasteiger partial charge in [-0.25, -0.2) is 17.6 Å². The minimum Gasteiger partial charge on any atom is -0.207 e. The van der Waals surface area contributed by atoms with Gasteiger partial charge in [0.2, 0.25) is 7.28 Å². The number of aryl methyl sites for hydroxylation is 2. The lowest BCUT2D eigenvalue weighted by Gasteiger charge is -2.08. The van der Waals surface area contributed by atoms with Gasteiger partial charge in [0.05, 0.1) is 0 Å². The van der Waals surface area contributed by atoms with E-state index in [0.29, 0.717) is 0 Å². The van der Waals surface area contributed by atoms with Crippen molar-refractivity contribution in [1.29, 1.82) is 0 Å². The molecule has 0 radical (unpaired) electrons. The smallest absolute Gasteiger partial charge is 0.203 e. The van der Waals surface area contributed by atoms with Crippen LogP contribution in [0.4, 0.5) is 17.6 Å². The largest absolute Gasteiger partial charge is 0.207 e. The average Bonchev–Trinajstić information content (AvgIpc) is 2.36. The first kappa shape index (κ1) is 13.7. The Labute approximate surface area is 109 Å². The lowest BCUT2D eigenvalue weighted by atomic mass is 9.62. The Morgan fingerprint density at radius 3 is 2.16 bits per heavy atom. The standard InChI is InChI=1S/C14H11BF4/c1-7-3-4-10(16)13(14(7)19)15-9-5-8(2)11(17)6-12(9)18/h3-6,15H,1-2H3. The molecule has 98 valence electrons. The van der Waals surface area contributed by atoms with Crippen LogP contribution in [0.5, 0.6) is 0 Å². The molecule has 0 bridgehead atoms. The summed E-state index contributed by atoms with van der Waals surface area (Å²) in [5, 5.41) is 0. The van der Waals surface area contributed by atoms with E-state index in [-0.39, 0.29) is 29.3 Å². The molecule has 0 saturated carbocycles. The van der Waals surface area contributed by atoms with Crippen LogP contribution in [0.3, 0.4) is 0 Å². The van der Waals surface area contributed by atoms with E-state index < -0.39 is 23.3 Å². The second-order valence-corrected chi connectivity index (χ2v) is 4.53. The molecule has 0 unspecified atom stereocenters. The van der Waals surface area contributed by atoms with E-state index in [1.807, 2.05) is 0 Å². The van der Waals surface area contributed by atoms with Crippen molar-refractivity contribution in [1.82, 2.24) is 0 Å². The fourth-order valence-corrected chi connectivity index (χ4v) is 1.92. The van der Waals surface area contributed by atoms with Crippen LogP contribution in [0.1, 0.15) is 11.1 Å². The molecule has 0 atom stereocenters. The lowest BCUT2D eigenvalue weighted by molar-refractivity contribution is 0.582. The van der Waals surface area contributed by atoms with E-state index in [1.165, 1.54) is 26.0 Å². The molecule has 0 aromatic heterocycles. The van der Waals surface area contributed by atoms with Crippen LogP contribution in [0.2, 0.25) is 0 Å². The normalized spacial score (nSPS) is 10.6. The second-order valence-electron chi connectivity index (χ2n) is 4.53. The predicted octanol–water partition coefficient (Wildman–Crippen LogP) is 2.25. The van der Waals surface area contributed by atoms with Crippen molar-refractivity contribution in [3.05, 3.63) is 58.7 Å². The number of halogens is 4. The van der Waals surface area contributed by atoms with Gasteiger partial charge in [-0.1, -0.05) is 12.1 Å². The highest BCUT2D eigenvalue weighted by atomic mass is 19.1. The summed E-state index contributed by atoms with van der Waals surface area (Å²) < 4.78 is 54.1. The van der Waals surface area contributed by atoms with Crippen molar-refractivity contribution in [2.75, 3.05) is 0 Å². The number of rotatable bonds is 2. The molecular weight excluding hydrogens is 255 g/mol. The van der Waals surface area contributed by atoms with Gasteiger partial charge in [0.15, 0.2) is 0 Å². The fourth-order valence-electron chi connectivity index (χ4n) is 1.92. The van der Waals surface area contributed by atoms with E-state index in [2.05, 4.69) is 0 Å². The van der Waals surface area contributed by atoms with Crippen LogP contribution in [0, 0.1) is 37.1 Å². The molecule has 0 fully saturated rings. The first-order valence-corrected chi connectivity index (χ1v) is 5.78. The van der Waals surface area contributed by atoms with Crippen molar-refractivity contribution < 1.29 is 17.6 Å². The molecule has 2 aromatic rings. The second kappa shape index (κ2) is 5.07.